The van der Waals surface area contributed by atoms with Crippen molar-refractivity contribution in [2.45, 2.75) is 27.3 Å². The number of nitrogens with zero attached hydrogens (tertiary/aromatic N) is 1. The van der Waals surface area contributed by atoms with E-state index in [1.54, 1.807) is 18.2 Å². The van der Waals surface area contributed by atoms with E-state index in [9.17, 15) is 14.9 Å². The second-order valence-corrected chi connectivity index (χ2v) is 8.22. The molecule has 0 aliphatic rings. The van der Waals surface area contributed by atoms with Crippen molar-refractivity contribution in [3.63, 3.8) is 0 Å². The number of ether oxygens (including phenoxy) is 3. The van der Waals surface area contributed by atoms with Crippen molar-refractivity contribution < 1.29 is 23.8 Å². The van der Waals surface area contributed by atoms with Crippen LogP contribution in [0, 0.1) is 32.1 Å². The largest absolute Gasteiger partial charge is 0.493 e. The molecule has 7 nitrogen and oxygen atoms in total. The molecule has 3 rings (SSSR count). The van der Waals surface area contributed by atoms with Crippen molar-refractivity contribution in [3.8, 4) is 23.3 Å². The minimum atomic E-state index is -0.590. The summed E-state index contributed by atoms with van der Waals surface area (Å²) in [5.74, 6) is 0.0309. The Hall–Kier alpha value is -4.57. The summed E-state index contributed by atoms with van der Waals surface area (Å²) in [5, 5.41) is 12.2. The first kappa shape index (κ1) is 26.0. The number of hydrogen-bond acceptors (Lipinski definition) is 6. The molecule has 1 amide bonds. The highest BCUT2D eigenvalue weighted by Gasteiger charge is 2.14. The van der Waals surface area contributed by atoms with Gasteiger partial charge >= 0.3 is 5.97 Å². The number of benzene rings is 3. The van der Waals surface area contributed by atoms with Crippen molar-refractivity contribution >= 4 is 18.0 Å². The Morgan fingerprint density at radius 3 is 2.42 bits per heavy atom. The maximum atomic E-state index is 12.5. The summed E-state index contributed by atoms with van der Waals surface area (Å²) in [5.41, 5.74) is 4.48. The van der Waals surface area contributed by atoms with Crippen molar-refractivity contribution in [2.75, 3.05) is 13.7 Å². The van der Waals surface area contributed by atoms with Crippen LogP contribution in [-0.2, 0) is 16.1 Å². The lowest BCUT2D eigenvalue weighted by molar-refractivity contribution is -0.136. The molecular formula is C29H28N2O5. The van der Waals surface area contributed by atoms with Crippen molar-refractivity contribution in [1.82, 2.24) is 5.32 Å². The van der Waals surface area contributed by atoms with Crippen molar-refractivity contribution in [3.05, 3.63) is 94.1 Å². The molecule has 3 aromatic rings. The molecule has 184 valence electrons. The summed E-state index contributed by atoms with van der Waals surface area (Å²) in [6.07, 6.45) is 1.44. The minimum absolute atomic E-state index is 0.0602. The number of nitriles is 1. The van der Waals surface area contributed by atoms with Gasteiger partial charge in [-0.1, -0.05) is 42.5 Å². The molecule has 0 spiro atoms. The fourth-order valence-electron chi connectivity index (χ4n) is 3.49. The lowest BCUT2D eigenvalue weighted by Gasteiger charge is -2.13. The SMILES string of the molecule is COc1cc(/C=C(\C#N)C(=O)NCc2ccccc2)ccc1OC(=O)COc1cc(C)cc(C)c1C. The van der Waals surface area contributed by atoms with Gasteiger partial charge in [-0.15, -0.1) is 0 Å². The van der Waals surface area contributed by atoms with Crippen molar-refractivity contribution in [2.24, 2.45) is 0 Å². The Morgan fingerprint density at radius 1 is 0.972 bits per heavy atom. The predicted octanol–water partition coefficient (Wildman–Crippen LogP) is 4.83. The van der Waals surface area contributed by atoms with Crippen LogP contribution in [-0.4, -0.2) is 25.6 Å². The number of rotatable bonds is 9. The summed E-state index contributed by atoms with van der Waals surface area (Å²) >= 11 is 0. The Morgan fingerprint density at radius 2 is 1.72 bits per heavy atom. The molecule has 0 atom stereocenters. The minimum Gasteiger partial charge on any atom is -0.493 e. The molecule has 36 heavy (non-hydrogen) atoms. The summed E-state index contributed by atoms with van der Waals surface area (Å²) in [6.45, 7) is 5.92. The van der Waals surface area contributed by atoms with E-state index in [4.69, 9.17) is 14.2 Å². The average molecular weight is 485 g/mol. The van der Waals surface area contributed by atoms with Crippen LogP contribution in [0.2, 0.25) is 0 Å². The van der Waals surface area contributed by atoms with E-state index in [-0.39, 0.29) is 23.7 Å². The maximum Gasteiger partial charge on any atom is 0.349 e. The van der Waals surface area contributed by atoms with Gasteiger partial charge in [-0.2, -0.15) is 5.26 Å². The number of nitrogens with one attached hydrogen (secondary N) is 1. The van der Waals surface area contributed by atoms with E-state index in [2.05, 4.69) is 5.32 Å². The van der Waals surface area contributed by atoms with Crippen LogP contribution < -0.4 is 19.5 Å². The highest BCUT2D eigenvalue weighted by atomic mass is 16.6. The van der Waals surface area contributed by atoms with Gasteiger partial charge < -0.3 is 19.5 Å². The number of carbonyl (C=O) groups is 2. The van der Waals surface area contributed by atoms with Gasteiger partial charge in [-0.05, 0) is 72.9 Å². The van der Waals surface area contributed by atoms with Crippen LogP contribution in [0.4, 0.5) is 0 Å². The zero-order valence-electron chi connectivity index (χ0n) is 20.8. The van der Waals surface area contributed by atoms with Crippen LogP contribution in [0.3, 0.4) is 0 Å². The van der Waals surface area contributed by atoms with Crippen LogP contribution in [0.1, 0.15) is 27.8 Å². The Labute approximate surface area is 210 Å². The van der Waals surface area contributed by atoms with Crippen LogP contribution in [0.5, 0.6) is 17.2 Å². The third kappa shape index (κ3) is 6.97. The van der Waals surface area contributed by atoms with Gasteiger partial charge in [0, 0.05) is 6.54 Å². The molecule has 0 unspecified atom stereocenters. The van der Waals surface area contributed by atoms with Crippen LogP contribution in [0.15, 0.2) is 66.2 Å². The zero-order valence-corrected chi connectivity index (χ0v) is 20.8. The highest BCUT2D eigenvalue weighted by Crippen LogP contribution is 2.29. The monoisotopic (exact) mass is 484 g/mol. The highest BCUT2D eigenvalue weighted by molar-refractivity contribution is 6.01. The van der Waals surface area contributed by atoms with E-state index in [1.807, 2.05) is 69.3 Å². The second kappa shape index (κ2) is 12.2. The van der Waals surface area contributed by atoms with Crippen LogP contribution in [0.25, 0.3) is 6.08 Å². The number of aryl methyl sites for hydroxylation is 2. The summed E-state index contributed by atoms with van der Waals surface area (Å²) < 4.78 is 16.4. The molecule has 0 aromatic heterocycles. The van der Waals surface area contributed by atoms with E-state index < -0.39 is 11.9 Å². The summed E-state index contributed by atoms with van der Waals surface area (Å²) in [6, 6.07) is 20.0. The van der Waals surface area contributed by atoms with Crippen LogP contribution >= 0.6 is 0 Å². The molecule has 7 heteroatoms. The number of amides is 1. The Bertz CT molecular complexity index is 1320. The van der Waals surface area contributed by atoms with Gasteiger partial charge in [0.1, 0.15) is 17.4 Å². The van der Waals surface area contributed by atoms with Gasteiger partial charge in [-0.3, -0.25) is 4.79 Å². The number of hydrogen-bond donors (Lipinski definition) is 1. The third-order valence-corrected chi connectivity index (χ3v) is 5.49. The van der Waals surface area contributed by atoms with E-state index in [0.717, 1.165) is 22.3 Å². The molecule has 0 fully saturated rings. The third-order valence-electron chi connectivity index (χ3n) is 5.49. The molecule has 0 heterocycles. The molecule has 0 saturated carbocycles. The molecular weight excluding hydrogens is 456 g/mol. The normalized spacial score (nSPS) is 10.8. The standard InChI is InChI=1S/C29H28N2O5/c1-19-12-20(2)21(3)26(13-19)35-18-28(32)36-25-11-10-23(15-27(25)34-4)14-24(16-30)29(33)31-17-22-8-6-5-7-9-22/h5-15H,17-18H2,1-4H3,(H,31,33)/b24-14+. The fourth-order valence-corrected chi connectivity index (χ4v) is 3.49. The average Bonchev–Trinajstić information content (AvgIpc) is 2.88. The molecule has 0 radical (unpaired) electrons. The summed E-state index contributed by atoms with van der Waals surface area (Å²) in [7, 11) is 1.44. The van der Waals surface area contributed by atoms with Gasteiger partial charge in [0.15, 0.2) is 18.1 Å². The van der Waals surface area contributed by atoms with Gasteiger partial charge in [0.05, 0.1) is 7.11 Å². The van der Waals surface area contributed by atoms with E-state index >= 15 is 0 Å². The first-order valence-corrected chi connectivity index (χ1v) is 11.3. The predicted molar refractivity (Wildman–Crippen MR) is 137 cm³/mol. The molecule has 0 aliphatic heterocycles. The smallest absolute Gasteiger partial charge is 0.349 e. The molecule has 0 saturated heterocycles. The molecule has 3 aromatic carbocycles. The molecule has 0 bridgehead atoms. The Balaban J connectivity index is 1.66. The lowest BCUT2D eigenvalue weighted by Crippen LogP contribution is -2.23. The van der Waals surface area contributed by atoms with E-state index in [0.29, 0.717) is 17.9 Å². The van der Waals surface area contributed by atoms with Gasteiger partial charge in [-0.25, -0.2) is 4.79 Å². The summed E-state index contributed by atoms with van der Waals surface area (Å²) in [4.78, 5) is 24.9. The van der Waals surface area contributed by atoms with Crippen molar-refractivity contribution in [1.29, 1.82) is 5.26 Å². The number of methoxy groups -OCH3 is 1. The first-order valence-electron chi connectivity index (χ1n) is 11.3. The zero-order chi connectivity index (χ0) is 26.1. The number of esters is 1. The van der Waals surface area contributed by atoms with Gasteiger partial charge in [0.25, 0.3) is 5.91 Å². The second-order valence-electron chi connectivity index (χ2n) is 8.22. The first-order chi connectivity index (χ1) is 17.3. The quantitative estimate of drug-likeness (QED) is 0.202. The Kier molecular flexibility index (Phi) is 8.84. The lowest BCUT2D eigenvalue weighted by atomic mass is 10.1. The number of carbonyl (C=O) groups excluding carboxylic acids is 2. The van der Waals surface area contributed by atoms with Gasteiger partial charge in [0.2, 0.25) is 0 Å². The molecule has 0 aliphatic carbocycles. The fraction of sp³-hybridized carbons (Fsp3) is 0.207. The topological polar surface area (TPSA) is 97.6 Å². The van der Waals surface area contributed by atoms with E-state index in [1.165, 1.54) is 13.2 Å². The maximum absolute atomic E-state index is 12.5. The molecule has 1 N–H and O–H groups in total.